The van der Waals surface area contributed by atoms with Crippen LogP contribution in [0.2, 0.25) is 0 Å². The Morgan fingerprint density at radius 3 is 2.56 bits per heavy atom. The maximum Gasteiger partial charge on any atom is 0.282 e. The van der Waals surface area contributed by atoms with Crippen molar-refractivity contribution in [3.8, 4) is 5.75 Å². The fourth-order valence-corrected chi connectivity index (χ4v) is 1.65. The molecule has 1 amide bonds. The van der Waals surface area contributed by atoms with Crippen LogP contribution in [0.15, 0.2) is 18.2 Å². The third-order valence-corrected chi connectivity index (χ3v) is 2.75. The van der Waals surface area contributed by atoms with Gasteiger partial charge in [-0.15, -0.1) is 0 Å². The Morgan fingerprint density at radius 1 is 1.50 bits per heavy atom. The van der Waals surface area contributed by atoms with Crippen LogP contribution in [0, 0.1) is 0 Å². The van der Waals surface area contributed by atoms with Crippen molar-refractivity contribution in [2.24, 2.45) is 0 Å². The van der Waals surface area contributed by atoms with Crippen molar-refractivity contribution in [1.82, 2.24) is 0 Å². The second kappa shape index (κ2) is 5.32. The summed E-state index contributed by atoms with van der Waals surface area (Å²) < 4.78 is 5.29. The van der Waals surface area contributed by atoms with E-state index in [9.17, 15) is 4.79 Å². The number of carbonyl (C=O) groups excluding carboxylic acids is 1. The zero-order chi connectivity index (χ0) is 12.3. The largest absolute Gasteiger partial charge is 0.494 e. The van der Waals surface area contributed by atoms with E-state index in [1.807, 2.05) is 19.1 Å². The number of anilines is 1. The number of hydrogen-bond donors (Lipinski definition) is 1. The van der Waals surface area contributed by atoms with E-state index in [1.54, 1.807) is 20.2 Å². The van der Waals surface area contributed by atoms with Gasteiger partial charge in [0.1, 0.15) is 0 Å². The molecule has 0 unspecified atom stereocenters. The van der Waals surface area contributed by atoms with Gasteiger partial charge in [0.2, 0.25) is 0 Å². The summed E-state index contributed by atoms with van der Waals surface area (Å²) in [5, 5.41) is -0.350. The van der Waals surface area contributed by atoms with Gasteiger partial charge in [-0.05, 0) is 19.1 Å². The fraction of sp³-hybridized carbons (Fsp3) is 0.273. The van der Waals surface area contributed by atoms with Crippen molar-refractivity contribution in [3.63, 3.8) is 0 Å². The molecule has 0 saturated heterocycles. The molecule has 0 bridgehead atoms. The minimum atomic E-state index is -0.350. The lowest BCUT2D eigenvalue weighted by Crippen LogP contribution is -2.20. The summed E-state index contributed by atoms with van der Waals surface area (Å²) in [7, 11) is 3.19. The summed E-state index contributed by atoms with van der Waals surface area (Å²) in [6, 6.07) is 5.48. The van der Waals surface area contributed by atoms with Crippen molar-refractivity contribution in [2.75, 3.05) is 19.1 Å². The van der Waals surface area contributed by atoms with Gasteiger partial charge in [-0.3, -0.25) is 4.79 Å². The van der Waals surface area contributed by atoms with E-state index in [0.29, 0.717) is 11.4 Å². The molecule has 86 valence electrons. The molecule has 0 aliphatic carbocycles. The standard InChI is InChI=1S/C11H13NO2S2/c1-7(15)8-5-4-6-9(10(8)14-3)12(2)11(13)16/h4-6H,1-3H3,(H,13,16). The van der Waals surface area contributed by atoms with Gasteiger partial charge in [0, 0.05) is 17.5 Å². The highest BCUT2D eigenvalue weighted by Crippen LogP contribution is 2.32. The molecule has 0 radical (unpaired) electrons. The van der Waals surface area contributed by atoms with E-state index in [2.05, 4.69) is 12.6 Å². The van der Waals surface area contributed by atoms with Crippen LogP contribution in [-0.4, -0.2) is 24.3 Å². The number of carbonyl (C=O) groups is 1. The second-order valence-electron chi connectivity index (χ2n) is 3.26. The van der Waals surface area contributed by atoms with Crippen molar-refractivity contribution in [3.05, 3.63) is 23.8 Å². The predicted octanol–water partition coefficient (Wildman–Crippen LogP) is 2.92. The van der Waals surface area contributed by atoms with Crippen LogP contribution in [0.25, 0.3) is 0 Å². The number of ether oxygens (including phenoxy) is 1. The number of methoxy groups -OCH3 is 1. The molecule has 1 aromatic rings. The predicted molar refractivity (Wildman–Crippen MR) is 73.2 cm³/mol. The van der Waals surface area contributed by atoms with Gasteiger partial charge < -0.3 is 9.64 Å². The minimum Gasteiger partial charge on any atom is -0.494 e. The minimum absolute atomic E-state index is 0.350. The van der Waals surface area contributed by atoms with E-state index >= 15 is 0 Å². The van der Waals surface area contributed by atoms with Gasteiger partial charge in [0.15, 0.2) is 5.75 Å². The molecule has 3 nitrogen and oxygen atoms in total. The quantitative estimate of drug-likeness (QED) is 0.511. The number of rotatable bonds is 3. The third-order valence-electron chi connectivity index (χ3n) is 2.23. The molecule has 0 fully saturated rings. The third kappa shape index (κ3) is 2.54. The first-order valence-electron chi connectivity index (χ1n) is 4.63. The number of para-hydroxylation sites is 1. The molecule has 16 heavy (non-hydrogen) atoms. The second-order valence-corrected chi connectivity index (χ2v) is 4.25. The van der Waals surface area contributed by atoms with Crippen molar-refractivity contribution in [1.29, 1.82) is 0 Å². The molecule has 0 N–H and O–H groups in total. The molecular formula is C11H13NO2S2. The number of amides is 1. The molecule has 0 heterocycles. The number of thiol groups is 1. The maximum absolute atomic E-state index is 11.2. The summed E-state index contributed by atoms with van der Waals surface area (Å²) in [6.07, 6.45) is 0. The topological polar surface area (TPSA) is 29.5 Å². The number of benzene rings is 1. The molecule has 5 heteroatoms. The summed E-state index contributed by atoms with van der Waals surface area (Å²) >= 11 is 8.90. The Kier molecular flexibility index (Phi) is 4.32. The van der Waals surface area contributed by atoms with Crippen LogP contribution in [0.5, 0.6) is 5.75 Å². The van der Waals surface area contributed by atoms with Crippen molar-refractivity contribution >= 4 is 40.6 Å². The maximum atomic E-state index is 11.2. The molecule has 0 atom stereocenters. The summed E-state index contributed by atoms with van der Waals surface area (Å²) in [4.78, 5) is 13.3. The first-order valence-corrected chi connectivity index (χ1v) is 5.49. The Balaban J connectivity index is 3.34. The summed E-state index contributed by atoms with van der Waals surface area (Å²) in [5.74, 6) is 0.597. The normalized spacial score (nSPS) is 9.75. The summed E-state index contributed by atoms with van der Waals surface area (Å²) in [6.45, 7) is 1.82. The van der Waals surface area contributed by atoms with Gasteiger partial charge >= 0.3 is 0 Å². The Hall–Kier alpha value is -1.07. The van der Waals surface area contributed by atoms with Gasteiger partial charge in [-0.25, -0.2) is 0 Å². The van der Waals surface area contributed by atoms with Crippen LogP contribution in [0.1, 0.15) is 12.5 Å². The first-order chi connectivity index (χ1) is 7.49. The monoisotopic (exact) mass is 255 g/mol. The van der Waals surface area contributed by atoms with Gasteiger partial charge in [-0.1, -0.05) is 30.9 Å². The zero-order valence-corrected chi connectivity index (χ0v) is 11.1. The van der Waals surface area contributed by atoms with E-state index in [0.717, 1.165) is 10.4 Å². The van der Waals surface area contributed by atoms with Gasteiger partial charge in [0.25, 0.3) is 5.24 Å². The van der Waals surface area contributed by atoms with Crippen LogP contribution in [0.3, 0.4) is 0 Å². The molecule has 1 rings (SSSR count). The van der Waals surface area contributed by atoms with Gasteiger partial charge in [0.05, 0.1) is 12.8 Å². The van der Waals surface area contributed by atoms with Crippen molar-refractivity contribution in [2.45, 2.75) is 6.92 Å². The molecule has 0 aromatic heterocycles. The van der Waals surface area contributed by atoms with E-state index in [4.69, 9.17) is 17.0 Å². The SMILES string of the molecule is COc1c(C(C)=S)cccc1N(C)C(=O)S. The Morgan fingerprint density at radius 2 is 2.12 bits per heavy atom. The molecule has 0 saturated carbocycles. The zero-order valence-electron chi connectivity index (χ0n) is 9.35. The number of hydrogen-bond acceptors (Lipinski definition) is 3. The molecule has 1 aromatic carbocycles. The van der Waals surface area contributed by atoms with Crippen molar-refractivity contribution < 1.29 is 9.53 Å². The first kappa shape index (κ1) is 13.0. The van der Waals surface area contributed by atoms with Crippen LogP contribution < -0.4 is 9.64 Å². The fourth-order valence-electron chi connectivity index (χ4n) is 1.38. The highest BCUT2D eigenvalue weighted by molar-refractivity contribution is 7.96. The molecular weight excluding hydrogens is 242 g/mol. The van der Waals surface area contributed by atoms with E-state index in [1.165, 1.54) is 4.90 Å². The van der Waals surface area contributed by atoms with E-state index < -0.39 is 0 Å². The number of nitrogens with zero attached hydrogens (tertiary/aromatic N) is 1. The highest BCUT2D eigenvalue weighted by atomic mass is 32.1. The van der Waals surface area contributed by atoms with Crippen LogP contribution in [-0.2, 0) is 0 Å². The van der Waals surface area contributed by atoms with Crippen LogP contribution in [0.4, 0.5) is 10.5 Å². The van der Waals surface area contributed by atoms with Crippen LogP contribution >= 0.6 is 24.8 Å². The average molecular weight is 255 g/mol. The Bertz CT molecular complexity index is 432. The lowest BCUT2D eigenvalue weighted by Gasteiger charge is -2.19. The lowest BCUT2D eigenvalue weighted by atomic mass is 10.1. The molecule has 0 aliphatic rings. The average Bonchev–Trinajstić information content (AvgIpc) is 2.26. The number of thiocarbonyl (C=S) groups is 1. The highest BCUT2D eigenvalue weighted by Gasteiger charge is 2.16. The summed E-state index contributed by atoms with van der Waals surface area (Å²) in [5.41, 5.74) is 1.47. The molecule has 0 aliphatic heterocycles. The lowest BCUT2D eigenvalue weighted by molar-refractivity contribution is 0.266. The Labute approximate surface area is 106 Å². The van der Waals surface area contributed by atoms with E-state index in [-0.39, 0.29) is 5.24 Å². The molecule has 0 spiro atoms. The smallest absolute Gasteiger partial charge is 0.282 e. The van der Waals surface area contributed by atoms with Gasteiger partial charge in [-0.2, -0.15) is 0 Å².